The zero-order valence-electron chi connectivity index (χ0n) is 16.9. The van der Waals surface area contributed by atoms with Crippen molar-refractivity contribution in [3.8, 4) is 17.2 Å². The van der Waals surface area contributed by atoms with Gasteiger partial charge in [0.15, 0.2) is 11.5 Å². The van der Waals surface area contributed by atoms with Gasteiger partial charge in [-0.25, -0.2) is 4.39 Å². The van der Waals surface area contributed by atoms with Crippen molar-refractivity contribution < 1.29 is 28.2 Å². The van der Waals surface area contributed by atoms with Gasteiger partial charge in [-0.05, 0) is 42.7 Å². The minimum atomic E-state index is -0.792. The summed E-state index contributed by atoms with van der Waals surface area (Å²) in [4.78, 5) is 24.4. The first-order valence-corrected chi connectivity index (χ1v) is 9.10. The van der Waals surface area contributed by atoms with Gasteiger partial charge in [0, 0.05) is 11.6 Å². The lowest BCUT2D eigenvalue weighted by Gasteiger charge is -2.13. The number of ether oxygens (including phenoxy) is 3. The van der Waals surface area contributed by atoms with Crippen molar-refractivity contribution >= 4 is 11.8 Å². The van der Waals surface area contributed by atoms with Crippen LogP contribution in [-0.2, 0) is 0 Å². The number of halogens is 1. The quantitative estimate of drug-likeness (QED) is 0.659. The number of benzene rings is 2. The first-order valence-electron chi connectivity index (χ1n) is 9.10. The summed E-state index contributed by atoms with van der Waals surface area (Å²) in [6.07, 6.45) is 0.888. The Morgan fingerprint density at radius 1 is 0.966 bits per heavy atom. The molecule has 0 unspecified atom stereocenters. The van der Waals surface area contributed by atoms with Crippen molar-refractivity contribution in [1.29, 1.82) is 0 Å². The third-order valence-electron chi connectivity index (χ3n) is 4.09. The average Bonchev–Trinajstić information content (AvgIpc) is 2.71. The van der Waals surface area contributed by atoms with E-state index < -0.39 is 17.6 Å². The highest BCUT2D eigenvalue weighted by molar-refractivity contribution is 5.99. The van der Waals surface area contributed by atoms with Crippen LogP contribution in [0.25, 0.3) is 0 Å². The molecule has 2 aromatic carbocycles. The Kier molecular flexibility index (Phi) is 7.82. The van der Waals surface area contributed by atoms with Crippen LogP contribution in [0.5, 0.6) is 17.2 Å². The molecule has 0 aliphatic carbocycles. The van der Waals surface area contributed by atoms with E-state index in [0.29, 0.717) is 24.0 Å². The molecule has 0 radical (unpaired) electrons. The molecule has 0 spiro atoms. The second-order valence-corrected chi connectivity index (χ2v) is 6.65. The smallest absolute Gasteiger partial charge is 0.272 e. The number of carbonyl (C=O) groups is 2. The van der Waals surface area contributed by atoms with Gasteiger partial charge in [0.1, 0.15) is 11.6 Å². The molecule has 0 heterocycles. The molecule has 0 saturated heterocycles. The van der Waals surface area contributed by atoms with E-state index in [9.17, 15) is 14.0 Å². The largest absolute Gasteiger partial charge is 0.497 e. The molecule has 0 aliphatic heterocycles. The van der Waals surface area contributed by atoms with Crippen LogP contribution in [-0.4, -0.2) is 32.6 Å². The Morgan fingerprint density at radius 3 is 2.31 bits per heavy atom. The van der Waals surface area contributed by atoms with Gasteiger partial charge in [-0.15, -0.1) is 0 Å². The van der Waals surface area contributed by atoms with Gasteiger partial charge in [-0.2, -0.15) is 0 Å². The Hall–Kier alpha value is -3.29. The Labute approximate surface area is 169 Å². The predicted octanol–water partition coefficient (Wildman–Crippen LogP) is 3.34. The summed E-state index contributed by atoms with van der Waals surface area (Å²) < 4.78 is 29.8. The monoisotopic (exact) mass is 404 g/mol. The minimum absolute atomic E-state index is 0.224. The molecule has 29 heavy (non-hydrogen) atoms. The number of hydrogen-bond acceptors (Lipinski definition) is 5. The number of amides is 2. The molecule has 0 aromatic heterocycles. The summed E-state index contributed by atoms with van der Waals surface area (Å²) in [6.45, 7) is 4.73. The first-order chi connectivity index (χ1) is 13.8. The summed E-state index contributed by atoms with van der Waals surface area (Å²) in [5.74, 6) is -0.432. The van der Waals surface area contributed by atoms with E-state index in [1.165, 1.54) is 32.4 Å². The van der Waals surface area contributed by atoms with E-state index in [4.69, 9.17) is 14.2 Å². The lowest BCUT2D eigenvalue weighted by molar-refractivity contribution is 0.0844. The van der Waals surface area contributed by atoms with Crippen LogP contribution in [0.2, 0.25) is 0 Å². The summed E-state index contributed by atoms with van der Waals surface area (Å²) in [6, 6.07) is 8.46. The SMILES string of the molecule is COc1ccc(C(=O)NNC(=O)c2ccc(OCCC(C)C)c(OC)c2)c(F)c1. The van der Waals surface area contributed by atoms with Crippen molar-refractivity contribution in [2.75, 3.05) is 20.8 Å². The third kappa shape index (κ3) is 6.10. The zero-order chi connectivity index (χ0) is 21.4. The molecule has 2 aromatic rings. The van der Waals surface area contributed by atoms with Crippen LogP contribution < -0.4 is 25.1 Å². The Morgan fingerprint density at radius 2 is 1.69 bits per heavy atom. The Bertz CT molecular complexity index is 870. The van der Waals surface area contributed by atoms with Crippen LogP contribution in [0.15, 0.2) is 36.4 Å². The summed E-state index contributed by atoms with van der Waals surface area (Å²) in [5.41, 5.74) is 4.45. The maximum absolute atomic E-state index is 13.9. The van der Waals surface area contributed by atoms with Crippen LogP contribution in [0.4, 0.5) is 4.39 Å². The highest BCUT2D eigenvalue weighted by Gasteiger charge is 2.15. The van der Waals surface area contributed by atoms with Gasteiger partial charge >= 0.3 is 0 Å². The number of hydrazine groups is 1. The molecule has 0 aliphatic rings. The van der Waals surface area contributed by atoms with Crippen LogP contribution in [0.1, 0.15) is 41.0 Å². The molecule has 2 rings (SSSR count). The topological polar surface area (TPSA) is 85.9 Å². The number of rotatable bonds is 8. The van der Waals surface area contributed by atoms with Gasteiger partial charge in [0.05, 0.1) is 26.4 Å². The van der Waals surface area contributed by atoms with E-state index >= 15 is 0 Å². The van der Waals surface area contributed by atoms with Gasteiger partial charge in [0.25, 0.3) is 11.8 Å². The number of nitrogens with one attached hydrogen (secondary N) is 2. The summed E-state index contributed by atoms with van der Waals surface area (Å²) in [7, 11) is 2.87. The van der Waals surface area contributed by atoms with E-state index in [1.807, 2.05) is 0 Å². The lowest BCUT2D eigenvalue weighted by Crippen LogP contribution is -2.41. The Balaban J connectivity index is 2.00. The molecule has 2 amide bonds. The van der Waals surface area contributed by atoms with E-state index in [1.54, 1.807) is 12.1 Å². The molecule has 8 heteroatoms. The first kappa shape index (κ1) is 22.0. The molecule has 0 bridgehead atoms. The molecular weight excluding hydrogens is 379 g/mol. The average molecular weight is 404 g/mol. The van der Waals surface area contributed by atoms with Gasteiger partial charge in [0.2, 0.25) is 0 Å². The van der Waals surface area contributed by atoms with Crippen molar-refractivity contribution in [2.45, 2.75) is 20.3 Å². The molecule has 0 fully saturated rings. The fourth-order valence-corrected chi connectivity index (χ4v) is 2.39. The van der Waals surface area contributed by atoms with E-state index in [2.05, 4.69) is 24.7 Å². The van der Waals surface area contributed by atoms with Gasteiger partial charge in [-0.1, -0.05) is 13.8 Å². The second-order valence-electron chi connectivity index (χ2n) is 6.65. The van der Waals surface area contributed by atoms with Crippen LogP contribution in [0.3, 0.4) is 0 Å². The van der Waals surface area contributed by atoms with Crippen molar-refractivity contribution in [3.63, 3.8) is 0 Å². The molecule has 7 nitrogen and oxygen atoms in total. The van der Waals surface area contributed by atoms with E-state index in [-0.39, 0.29) is 16.9 Å². The molecule has 0 atom stereocenters. The van der Waals surface area contributed by atoms with Crippen LogP contribution >= 0.6 is 0 Å². The molecule has 2 N–H and O–H groups in total. The van der Waals surface area contributed by atoms with Crippen molar-refractivity contribution in [1.82, 2.24) is 10.9 Å². The zero-order valence-corrected chi connectivity index (χ0v) is 16.9. The second kappa shape index (κ2) is 10.3. The fraction of sp³-hybridized carbons (Fsp3) is 0.333. The standard InChI is InChI=1S/C21H25FN2O5/c1-13(2)9-10-29-18-8-5-14(11-19(18)28-4)20(25)23-24-21(26)16-7-6-15(27-3)12-17(16)22/h5-8,11-13H,9-10H2,1-4H3,(H,23,25)(H,24,26). The molecule has 0 saturated carbocycles. The predicted molar refractivity (Wildman–Crippen MR) is 106 cm³/mol. The van der Waals surface area contributed by atoms with Gasteiger partial charge < -0.3 is 14.2 Å². The van der Waals surface area contributed by atoms with Gasteiger partial charge in [-0.3, -0.25) is 20.4 Å². The maximum Gasteiger partial charge on any atom is 0.272 e. The minimum Gasteiger partial charge on any atom is -0.497 e. The summed E-state index contributed by atoms with van der Waals surface area (Å²) >= 11 is 0. The number of hydrogen-bond donors (Lipinski definition) is 2. The third-order valence-corrected chi connectivity index (χ3v) is 4.09. The normalized spacial score (nSPS) is 10.4. The summed E-state index contributed by atoms with van der Waals surface area (Å²) in [5, 5.41) is 0. The highest BCUT2D eigenvalue weighted by Crippen LogP contribution is 2.28. The fourth-order valence-electron chi connectivity index (χ4n) is 2.39. The van der Waals surface area contributed by atoms with Crippen molar-refractivity contribution in [3.05, 3.63) is 53.3 Å². The highest BCUT2D eigenvalue weighted by atomic mass is 19.1. The van der Waals surface area contributed by atoms with E-state index in [0.717, 1.165) is 12.5 Å². The number of methoxy groups -OCH3 is 2. The molecular formula is C21H25FN2O5. The lowest BCUT2D eigenvalue weighted by atomic mass is 10.1. The number of carbonyl (C=O) groups excluding carboxylic acids is 2. The van der Waals surface area contributed by atoms with Crippen LogP contribution in [0, 0.1) is 11.7 Å². The molecule has 156 valence electrons. The van der Waals surface area contributed by atoms with Crippen molar-refractivity contribution in [2.24, 2.45) is 5.92 Å². The maximum atomic E-state index is 13.9.